The average Bonchev–Trinajstić information content (AvgIpc) is 2.90. The second-order valence-electron chi connectivity index (χ2n) is 6.50. The van der Waals surface area contributed by atoms with Crippen molar-refractivity contribution < 1.29 is 9.90 Å². The molecule has 2 saturated heterocycles. The number of hydrogen-bond acceptors (Lipinski definition) is 5. The Morgan fingerprint density at radius 1 is 1.00 bits per heavy atom. The van der Waals surface area contributed by atoms with Gasteiger partial charge in [-0.2, -0.15) is 0 Å². The largest absolute Gasteiger partial charge is 0.483 e. The van der Waals surface area contributed by atoms with Gasteiger partial charge in [0, 0.05) is 45.5 Å². The maximum absolute atomic E-state index is 8.36. The summed E-state index contributed by atoms with van der Waals surface area (Å²) in [6.07, 6.45) is 7.42. The Bertz CT molecular complexity index is 502. The van der Waals surface area contributed by atoms with Crippen LogP contribution in [-0.2, 0) is 4.79 Å². The van der Waals surface area contributed by atoms with Crippen molar-refractivity contribution in [1.82, 2.24) is 14.8 Å². The number of nitrogens with zero attached hydrogens (tertiary/aromatic N) is 4. The van der Waals surface area contributed by atoms with E-state index in [1.54, 1.807) is 0 Å². The quantitative estimate of drug-likeness (QED) is 0.824. The summed E-state index contributed by atoms with van der Waals surface area (Å²) in [5.41, 5.74) is 0. The molecule has 6 nitrogen and oxygen atoms in total. The summed E-state index contributed by atoms with van der Waals surface area (Å²) >= 11 is 6.25. The lowest BCUT2D eigenvalue weighted by molar-refractivity contribution is -0.122. The minimum absolute atomic E-state index is 0.250. The highest BCUT2D eigenvalue weighted by Gasteiger charge is 2.20. The fourth-order valence-electron chi connectivity index (χ4n) is 3.44. The van der Waals surface area contributed by atoms with Gasteiger partial charge in [0.25, 0.3) is 6.47 Å². The van der Waals surface area contributed by atoms with Crippen LogP contribution in [0.15, 0.2) is 18.3 Å². The predicted octanol–water partition coefficient (Wildman–Crippen LogP) is 2.43. The smallest absolute Gasteiger partial charge is 0.290 e. The van der Waals surface area contributed by atoms with E-state index in [4.69, 9.17) is 21.5 Å². The lowest BCUT2D eigenvalue weighted by atomic mass is 10.2. The average molecular weight is 369 g/mol. The first-order valence-corrected chi connectivity index (χ1v) is 9.50. The molecule has 0 saturated carbocycles. The first-order valence-electron chi connectivity index (χ1n) is 9.12. The zero-order valence-corrected chi connectivity index (χ0v) is 15.6. The number of pyridine rings is 1. The number of piperazine rings is 1. The molecule has 2 aliphatic heterocycles. The summed E-state index contributed by atoms with van der Waals surface area (Å²) in [5.74, 6) is 0.941. The standard InChI is InChI=1S/C17H27ClN4.CH2O2/c18-16-6-5-7-19-17(16)22-14-12-21(13-15-22)11-10-20-8-3-1-2-4-9-20;2-1-3/h5-7H,1-4,8-15H2;1H,(H,2,3). The van der Waals surface area contributed by atoms with E-state index in [9.17, 15) is 0 Å². The maximum atomic E-state index is 8.36. The molecule has 0 bridgehead atoms. The zero-order valence-electron chi connectivity index (χ0n) is 14.8. The fraction of sp³-hybridized carbons (Fsp3) is 0.667. The summed E-state index contributed by atoms with van der Waals surface area (Å²) in [5, 5.41) is 7.65. The molecule has 1 N–H and O–H groups in total. The molecule has 3 rings (SSSR count). The third kappa shape index (κ3) is 6.80. The van der Waals surface area contributed by atoms with Crippen LogP contribution in [0.1, 0.15) is 25.7 Å². The molecule has 1 aromatic rings. The number of halogens is 1. The molecule has 3 heterocycles. The van der Waals surface area contributed by atoms with Gasteiger partial charge in [-0.25, -0.2) is 4.98 Å². The van der Waals surface area contributed by atoms with Crippen molar-refractivity contribution in [2.45, 2.75) is 25.7 Å². The van der Waals surface area contributed by atoms with Crippen molar-refractivity contribution in [3.63, 3.8) is 0 Å². The van der Waals surface area contributed by atoms with Crippen LogP contribution in [-0.4, -0.2) is 78.7 Å². The van der Waals surface area contributed by atoms with Crippen molar-refractivity contribution >= 4 is 23.9 Å². The molecule has 2 fully saturated rings. The minimum atomic E-state index is -0.250. The third-order valence-electron chi connectivity index (χ3n) is 4.84. The van der Waals surface area contributed by atoms with Crippen LogP contribution < -0.4 is 4.90 Å². The van der Waals surface area contributed by atoms with Crippen molar-refractivity contribution in [1.29, 1.82) is 0 Å². The lowest BCUT2D eigenvalue weighted by Crippen LogP contribution is -2.48. The monoisotopic (exact) mass is 368 g/mol. The molecule has 0 aliphatic carbocycles. The topological polar surface area (TPSA) is 59.9 Å². The van der Waals surface area contributed by atoms with Gasteiger partial charge in [-0.3, -0.25) is 9.69 Å². The molecule has 140 valence electrons. The Morgan fingerprint density at radius 3 is 2.12 bits per heavy atom. The highest BCUT2D eigenvalue weighted by Crippen LogP contribution is 2.23. The first-order chi connectivity index (χ1) is 12.2. The van der Waals surface area contributed by atoms with Gasteiger partial charge in [0.2, 0.25) is 0 Å². The summed E-state index contributed by atoms with van der Waals surface area (Å²) < 4.78 is 0. The molecule has 7 heteroatoms. The van der Waals surface area contributed by atoms with Gasteiger partial charge in [0.1, 0.15) is 5.82 Å². The summed E-state index contributed by atoms with van der Waals surface area (Å²) in [6, 6.07) is 3.82. The van der Waals surface area contributed by atoms with Crippen molar-refractivity contribution in [2.75, 3.05) is 57.3 Å². The summed E-state index contributed by atoms with van der Waals surface area (Å²) in [6.45, 7) is 9.04. The molecular weight excluding hydrogens is 340 g/mol. The molecule has 0 atom stereocenters. The number of likely N-dealkylation sites (tertiary alicyclic amines) is 1. The SMILES string of the molecule is Clc1cccnc1N1CCN(CCN2CCCCCC2)CC1.O=CO. The van der Waals surface area contributed by atoms with Crippen molar-refractivity contribution in [3.05, 3.63) is 23.4 Å². The van der Waals surface area contributed by atoms with E-state index >= 15 is 0 Å². The van der Waals surface area contributed by atoms with Crippen LogP contribution in [0.4, 0.5) is 5.82 Å². The van der Waals surface area contributed by atoms with Crippen molar-refractivity contribution in [3.8, 4) is 0 Å². The second-order valence-corrected chi connectivity index (χ2v) is 6.91. The molecule has 25 heavy (non-hydrogen) atoms. The third-order valence-corrected chi connectivity index (χ3v) is 5.14. The Kier molecular flexibility index (Phi) is 9.00. The second kappa shape index (κ2) is 11.3. The molecule has 0 spiro atoms. The van der Waals surface area contributed by atoms with Crippen LogP contribution in [0.25, 0.3) is 0 Å². The number of anilines is 1. The van der Waals surface area contributed by atoms with E-state index in [0.29, 0.717) is 0 Å². The van der Waals surface area contributed by atoms with Crippen LogP contribution in [0.3, 0.4) is 0 Å². The summed E-state index contributed by atoms with van der Waals surface area (Å²) in [7, 11) is 0. The minimum Gasteiger partial charge on any atom is -0.483 e. The molecule has 0 amide bonds. The Hall–Kier alpha value is -1.37. The number of carbonyl (C=O) groups is 1. The van der Waals surface area contributed by atoms with Gasteiger partial charge >= 0.3 is 0 Å². The number of aromatic nitrogens is 1. The maximum Gasteiger partial charge on any atom is 0.290 e. The molecule has 2 aliphatic rings. The van der Waals surface area contributed by atoms with E-state index in [-0.39, 0.29) is 6.47 Å². The van der Waals surface area contributed by atoms with Crippen LogP contribution in [0, 0.1) is 0 Å². The number of hydrogen-bond donors (Lipinski definition) is 1. The van der Waals surface area contributed by atoms with Gasteiger partial charge < -0.3 is 14.9 Å². The normalized spacial score (nSPS) is 19.6. The Balaban J connectivity index is 0.000000701. The number of carboxylic acid groups (broad SMARTS) is 1. The highest BCUT2D eigenvalue weighted by atomic mass is 35.5. The highest BCUT2D eigenvalue weighted by molar-refractivity contribution is 6.32. The van der Waals surface area contributed by atoms with Gasteiger partial charge in [-0.15, -0.1) is 0 Å². The molecule has 1 aromatic heterocycles. The zero-order chi connectivity index (χ0) is 17.9. The van der Waals surface area contributed by atoms with E-state index < -0.39 is 0 Å². The van der Waals surface area contributed by atoms with Crippen LogP contribution in [0.5, 0.6) is 0 Å². The van der Waals surface area contributed by atoms with Gasteiger partial charge in [0.15, 0.2) is 0 Å². The number of rotatable bonds is 4. The first kappa shape index (κ1) is 19.9. The molecular formula is C18H29ClN4O2. The Labute approximate surface area is 155 Å². The van der Waals surface area contributed by atoms with Crippen LogP contribution in [0.2, 0.25) is 5.02 Å². The molecule has 0 aromatic carbocycles. The Morgan fingerprint density at radius 2 is 1.56 bits per heavy atom. The van der Waals surface area contributed by atoms with Gasteiger partial charge in [-0.05, 0) is 38.1 Å². The van der Waals surface area contributed by atoms with Crippen molar-refractivity contribution in [2.24, 2.45) is 0 Å². The summed E-state index contributed by atoms with van der Waals surface area (Å²) in [4.78, 5) is 20.3. The van der Waals surface area contributed by atoms with Gasteiger partial charge in [0.05, 0.1) is 5.02 Å². The fourth-order valence-corrected chi connectivity index (χ4v) is 3.68. The molecule has 0 unspecified atom stereocenters. The van der Waals surface area contributed by atoms with Crippen LogP contribution >= 0.6 is 11.6 Å². The lowest BCUT2D eigenvalue weighted by Gasteiger charge is -2.36. The van der Waals surface area contributed by atoms with E-state index in [2.05, 4.69) is 19.7 Å². The van der Waals surface area contributed by atoms with E-state index in [0.717, 1.165) is 37.0 Å². The van der Waals surface area contributed by atoms with E-state index in [1.165, 1.54) is 51.9 Å². The van der Waals surface area contributed by atoms with E-state index in [1.807, 2.05) is 18.3 Å². The van der Waals surface area contributed by atoms with Gasteiger partial charge in [-0.1, -0.05) is 24.4 Å². The molecule has 0 radical (unpaired) electrons. The predicted molar refractivity (Wildman–Crippen MR) is 102 cm³/mol.